The van der Waals surface area contributed by atoms with Crippen molar-refractivity contribution in [1.29, 1.82) is 0 Å². The number of nitrogens with one attached hydrogen (secondary N) is 1. The maximum Gasteiger partial charge on any atom is 0.152 e. The second kappa shape index (κ2) is 4.97. The van der Waals surface area contributed by atoms with Gasteiger partial charge in [0.2, 0.25) is 0 Å². The van der Waals surface area contributed by atoms with Gasteiger partial charge in [-0.25, -0.2) is 5.43 Å². The highest BCUT2D eigenvalue weighted by atomic mass is 35.5. The van der Waals surface area contributed by atoms with Crippen molar-refractivity contribution in [2.24, 2.45) is 5.84 Å². The Hall–Kier alpha value is -1.95. The number of halogens is 1. The van der Waals surface area contributed by atoms with Crippen LogP contribution in [0.4, 0.5) is 0 Å². The van der Waals surface area contributed by atoms with Crippen LogP contribution >= 0.6 is 11.6 Å². The Morgan fingerprint density at radius 2 is 2.16 bits per heavy atom. The number of furan rings is 1. The van der Waals surface area contributed by atoms with Crippen LogP contribution in [-0.2, 0) is 0 Å². The van der Waals surface area contributed by atoms with Crippen molar-refractivity contribution in [3.05, 3.63) is 59.1 Å². The van der Waals surface area contributed by atoms with E-state index in [1.165, 1.54) is 0 Å². The SMILES string of the molecule is NNC(c1ccnnc1)c1cc2cccc(Cl)c2o1. The van der Waals surface area contributed by atoms with Crippen LogP contribution in [0, 0.1) is 0 Å². The average Bonchev–Trinajstić information content (AvgIpc) is 2.86. The Labute approximate surface area is 114 Å². The first-order valence-electron chi connectivity index (χ1n) is 5.70. The lowest BCUT2D eigenvalue weighted by atomic mass is 10.1. The van der Waals surface area contributed by atoms with Gasteiger partial charge in [0, 0.05) is 11.6 Å². The van der Waals surface area contributed by atoms with Gasteiger partial charge in [0.15, 0.2) is 5.58 Å². The average molecular weight is 275 g/mol. The molecule has 0 saturated heterocycles. The molecule has 0 spiro atoms. The van der Waals surface area contributed by atoms with Crippen LogP contribution in [0.5, 0.6) is 0 Å². The summed E-state index contributed by atoms with van der Waals surface area (Å²) >= 11 is 6.10. The summed E-state index contributed by atoms with van der Waals surface area (Å²) in [6.45, 7) is 0. The number of benzene rings is 1. The van der Waals surface area contributed by atoms with E-state index in [2.05, 4.69) is 15.6 Å². The summed E-state index contributed by atoms with van der Waals surface area (Å²) in [7, 11) is 0. The summed E-state index contributed by atoms with van der Waals surface area (Å²) in [5, 5.41) is 9.09. The van der Waals surface area contributed by atoms with Crippen molar-refractivity contribution in [2.45, 2.75) is 6.04 Å². The molecule has 19 heavy (non-hydrogen) atoms. The molecular weight excluding hydrogens is 264 g/mol. The van der Waals surface area contributed by atoms with Gasteiger partial charge in [-0.1, -0.05) is 23.7 Å². The van der Waals surface area contributed by atoms with Gasteiger partial charge in [0.05, 0.1) is 11.2 Å². The van der Waals surface area contributed by atoms with Gasteiger partial charge >= 0.3 is 0 Å². The lowest BCUT2D eigenvalue weighted by molar-refractivity contribution is 0.476. The van der Waals surface area contributed by atoms with E-state index in [1.807, 2.05) is 24.3 Å². The van der Waals surface area contributed by atoms with E-state index >= 15 is 0 Å². The molecule has 6 heteroatoms. The highest BCUT2D eigenvalue weighted by molar-refractivity contribution is 6.34. The minimum atomic E-state index is -0.293. The molecule has 0 radical (unpaired) electrons. The van der Waals surface area contributed by atoms with E-state index < -0.39 is 0 Å². The quantitative estimate of drug-likeness (QED) is 0.567. The summed E-state index contributed by atoms with van der Waals surface area (Å²) < 4.78 is 5.78. The number of hydrazine groups is 1. The maximum atomic E-state index is 6.10. The molecular formula is C13H11ClN4O. The van der Waals surface area contributed by atoms with Gasteiger partial charge in [-0.05, 0) is 23.8 Å². The molecule has 3 N–H and O–H groups in total. The number of hydrogen-bond donors (Lipinski definition) is 2. The third-order valence-corrected chi connectivity index (χ3v) is 3.20. The van der Waals surface area contributed by atoms with Crippen molar-refractivity contribution in [2.75, 3.05) is 0 Å². The third kappa shape index (κ3) is 2.19. The van der Waals surface area contributed by atoms with Crippen LogP contribution in [0.2, 0.25) is 5.02 Å². The number of aromatic nitrogens is 2. The molecule has 1 aromatic carbocycles. The van der Waals surface area contributed by atoms with Crippen LogP contribution in [-0.4, -0.2) is 10.2 Å². The third-order valence-electron chi connectivity index (χ3n) is 2.91. The van der Waals surface area contributed by atoms with E-state index in [1.54, 1.807) is 18.5 Å². The first-order valence-corrected chi connectivity index (χ1v) is 6.08. The van der Waals surface area contributed by atoms with E-state index in [-0.39, 0.29) is 6.04 Å². The standard InChI is InChI=1S/C13H11ClN4O/c14-10-3-1-2-8-6-11(19-13(8)10)12(18-15)9-4-5-16-17-7-9/h1-7,12,18H,15H2. The number of nitrogens with two attached hydrogens (primary N) is 1. The van der Waals surface area contributed by atoms with Gasteiger partial charge < -0.3 is 4.42 Å². The Kier molecular flexibility index (Phi) is 3.16. The molecule has 0 fully saturated rings. The lowest BCUT2D eigenvalue weighted by Crippen LogP contribution is -2.28. The van der Waals surface area contributed by atoms with Gasteiger partial charge in [0.25, 0.3) is 0 Å². The largest absolute Gasteiger partial charge is 0.457 e. The fourth-order valence-electron chi connectivity index (χ4n) is 2.00. The van der Waals surface area contributed by atoms with Gasteiger partial charge in [-0.15, -0.1) is 0 Å². The summed E-state index contributed by atoms with van der Waals surface area (Å²) in [5.41, 5.74) is 4.23. The summed E-state index contributed by atoms with van der Waals surface area (Å²) in [4.78, 5) is 0. The Morgan fingerprint density at radius 1 is 1.26 bits per heavy atom. The first-order chi connectivity index (χ1) is 9.29. The normalized spacial score (nSPS) is 12.7. The molecule has 0 amide bonds. The van der Waals surface area contributed by atoms with Crippen molar-refractivity contribution in [3.8, 4) is 0 Å². The topological polar surface area (TPSA) is 77.0 Å². The summed E-state index contributed by atoms with van der Waals surface area (Å²) in [6.07, 6.45) is 3.24. The van der Waals surface area contributed by atoms with E-state index in [9.17, 15) is 0 Å². The van der Waals surface area contributed by atoms with Crippen LogP contribution in [0.3, 0.4) is 0 Å². The fraction of sp³-hybridized carbons (Fsp3) is 0.0769. The zero-order valence-electron chi connectivity index (χ0n) is 9.88. The number of nitrogens with zero attached hydrogens (tertiary/aromatic N) is 2. The first kappa shape index (κ1) is 12.1. The molecule has 1 atom stereocenters. The summed E-state index contributed by atoms with van der Waals surface area (Å²) in [6, 6.07) is 9.04. The Morgan fingerprint density at radius 3 is 2.84 bits per heavy atom. The van der Waals surface area contributed by atoms with E-state index in [4.69, 9.17) is 21.9 Å². The molecule has 2 aromatic heterocycles. The predicted molar refractivity (Wildman–Crippen MR) is 72.4 cm³/mol. The highest BCUT2D eigenvalue weighted by Crippen LogP contribution is 2.31. The van der Waals surface area contributed by atoms with Crippen LogP contribution in [0.15, 0.2) is 47.1 Å². The lowest BCUT2D eigenvalue weighted by Gasteiger charge is -2.12. The van der Waals surface area contributed by atoms with Gasteiger partial charge in [-0.2, -0.15) is 10.2 Å². The van der Waals surface area contributed by atoms with Crippen molar-refractivity contribution < 1.29 is 4.42 Å². The molecule has 3 rings (SSSR count). The number of para-hydroxylation sites is 1. The number of fused-ring (bicyclic) bond motifs is 1. The van der Waals surface area contributed by atoms with Gasteiger partial charge in [-0.3, -0.25) is 5.84 Å². The Balaban J connectivity index is 2.09. The molecule has 0 saturated carbocycles. The zero-order chi connectivity index (χ0) is 13.2. The van der Waals surface area contributed by atoms with E-state index in [0.29, 0.717) is 16.4 Å². The van der Waals surface area contributed by atoms with Crippen LogP contribution in [0.25, 0.3) is 11.0 Å². The molecule has 5 nitrogen and oxygen atoms in total. The second-order valence-electron chi connectivity index (χ2n) is 4.08. The molecule has 0 aliphatic rings. The summed E-state index contributed by atoms with van der Waals surface area (Å²) in [5.74, 6) is 6.28. The molecule has 3 aromatic rings. The minimum Gasteiger partial charge on any atom is -0.457 e. The molecule has 2 heterocycles. The van der Waals surface area contributed by atoms with Crippen molar-refractivity contribution in [3.63, 3.8) is 0 Å². The van der Waals surface area contributed by atoms with Crippen molar-refractivity contribution >= 4 is 22.6 Å². The number of hydrogen-bond acceptors (Lipinski definition) is 5. The fourth-order valence-corrected chi connectivity index (χ4v) is 2.22. The highest BCUT2D eigenvalue weighted by Gasteiger charge is 2.18. The second-order valence-corrected chi connectivity index (χ2v) is 4.49. The van der Waals surface area contributed by atoms with Crippen molar-refractivity contribution in [1.82, 2.24) is 15.6 Å². The molecule has 1 unspecified atom stereocenters. The van der Waals surface area contributed by atoms with E-state index in [0.717, 1.165) is 10.9 Å². The predicted octanol–water partition coefficient (Wildman–Crippen LogP) is 2.43. The van der Waals surface area contributed by atoms with Crippen LogP contribution < -0.4 is 11.3 Å². The maximum absolute atomic E-state index is 6.10. The minimum absolute atomic E-state index is 0.293. The monoisotopic (exact) mass is 274 g/mol. The smallest absolute Gasteiger partial charge is 0.152 e. The molecule has 0 aliphatic heterocycles. The Bertz CT molecular complexity index is 698. The molecule has 96 valence electrons. The molecule has 0 aliphatic carbocycles. The number of rotatable bonds is 3. The zero-order valence-corrected chi connectivity index (χ0v) is 10.6. The van der Waals surface area contributed by atoms with Crippen LogP contribution in [0.1, 0.15) is 17.4 Å². The molecule has 0 bridgehead atoms. The van der Waals surface area contributed by atoms with Gasteiger partial charge in [0.1, 0.15) is 11.8 Å².